The lowest BCUT2D eigenvalue weighted by molar-refractivity contribution is -0.146. The van der Waals surface area contributed by atoms with Gasteiger partial charge in [0.15, 0.2) is 0 Å². The van der Waals surface area contributed by atoms with Crippen LogP contribution in [0.15, 0.2) is 0 Å². The van der Waals surface area contributed by atoms with Gasteiger partial charge in [-0.25, -0.2) is 4.79 Å². The maximum Gasteiger partial charge on any atom is 0.323 e. The number of ether oxygens (including phenoxy) is 2. The molecule has 8 heteroatoms. The van der Waals surface area contributed by atoms with Crippen molar-refractivity contribution in [3.8, 4) is 0 Å². The van der Waals surface area contributed by atoms with E-state index in [1.165, 1.54) is 14.2 Å². The van der Waals surface area contributed by atoms with Gasteiger partial charge >= 0.3 is 12.0 Å². The van der Waals surface area contributed by atoms with Crippen molar-refractivity contribution in [2.24, 2.45) is 0 Å². The third kappa shape index (κ3) is 5.14. The summed E-state index contributed by atoms with van der Waals surface area (Å²) in [4.78, 5) is 36.3. The van der Waals surface area contributed by atoms with E-state index in [9.17, 15) is 14.4 Å². The Morgan fingerprint density at radius 1 is 1.30 bits per heavy atom. The molecule has 1 heterocycles. The number of nitrogens with one attached hydrogen (secondary N) is 2. The molecule has 8 nitrogen and oxygen atoms in total. The van der Waals surface area contributed by atoms with Crippen molar-refractivity contribution in [2.45, 2.75) is 18.9 Å². The maximum atomic E-state index is 11.7. The van der Waals surface area contributed by atoms with Gasteiger partial charge in [-0.2, -0.15) is 0 Å². The molecule has 1 fully saturated rings. The van der Waals surface area contributed by atoms with Gasteiger partial charge in [0.1, 0.15) is 6.04 Å². The van der Waals surface area contributed by atoms with Crippen molar-refractivity contribution in [2.75, 3.05) is 40.5 Å². The summed E-state index contributed by atoms with van der Waals surface area (Å²) in [5, 5.41) is 4.68. The summed E-state index contributed by atoms with van der Waals surface area (Å²) >= 11 is 0. The Morgan fingerprint density at radius 2 is 2.05 bits per heavy atom. The lowest BCUT2D eigenvalue weighted by atomic mass is 10.2. The zero-order chi connectivity index (χ0) is 15.0. The van der Waals surface area contributed by atoms with Crippen LogP contribution in [-0.2, 0) is 19.1 Å². The van der Waals surface area contributed by atoms with Crippen LogP contribution in [0.5, 0.6) is 0 Å². The molecule has 114 valence electrons. The Kier molecular flexibility index (Phi) is 6.96. The van der Waals surface area contributed by atoms with Crippen molar-refractivity contribution >= 4 is 17.9 Å². The van der Waals surface area contributed by atoms with Crippen LogP contribution in [0.25, 0.3) is 0 Å². The van der Waals surface area contributed by atoms with Gasteiger partial charge in [-0.05, 0) is 19.4 Å². The van der Waals surface area contributed by atoms with E-state index < -0.39 is 18.0 Å². The number of imide groups is 1. The molecule has 0 aromatic rings. The average Bonchev–Trinajstić information content (AvgIpc) is 2.86. The molecule has 1 unspecified atom stereocenters. The van der Waals surface area contributed by atoms with Gasteiger partial charge in [0, 0.05) is 13.7 Å². The number of hydrogen-bond donors (Lipinski definition) is 2. The van der Waals surface area contributed by atoms with Crippen LogP contribution in [0.1, 0.15) is 12.8 Å². The summed E-state index contributed by atoms with van der Waals surface area (Å²) in [6, 6.07) is -0.969. The van der Waals surface area contributed by atoms with E-state index in [4.69, 9.17) is 4.74 Å². The molecule has 3 amide bonds. The lowest BCUT2D eigenvalue weighted by Gasteiger charge is -2.21. The van der Waals surface area contributed by atoms with E-state index in [0.29, 0.717) is 26.1 Å². The summed E-state index contributed by atoms with van der Waals surface area (Å²) < 4.78 is 9.46. The fourth-order valence-corrected chi connectivity index (χ4v) is 2.08. The first-order valence-corrected chi connectivity index (χ1v) is 6.47. The second-order valence-corrected chi connectivity index (χ2v) is 4.45. The largest absolute Gasteiger partial charge is 0.468 e. The van der Waals surface area contributed by atoms with Gasteiger partial charge in [0.25, 0.3) is 0 Å². The summed E-state index contributed by atoms with van der Waals surface area (Å²) in [7, 11) is 2.84. The number of esters is 1. The third-order valence-corrected chi connectivity index (χ3v) is 3.03. The molecule has 1 aliphatic rings. The molecular formula is C12H21N3O5. The number of likely N-dealkylation sites (tertiary alicyclic amines) is 1. The van der Waals surface area contributed by atoms with Crippen LogP contribution in [-0.4, -0.2) is 69.3 Å². The molecule has 0 aromatic carbocycles. The predicted molar refractivity (Wildman–Crippen MR) is 70.0 cm³/mol. The monoisotopic (exact) mass is 287 g/mol. The van der Waals surface area contributed by atoms with Crippen molar-refractivity contribution < 1.29 is 23.9 Å². The summed E-state index contributed by atoms with van der Waals surface area (Å²) in [5.41, 5.74) is 0. The number of rotatable bonds is 6. The minimum Gasteiger partial charge on any atom is -0.468 e. The Balaban J connectivity index is 2.34. The Bertz CT molecular complexity index is 361. The van der Waals surface area contributed by atoms with Gasteiger partial charge in [-0.1, -0.05) is 0 Å². The molecule has 0 saturated carbocycles. The standard InChI is InChI=1S/C12H21N3O5/c1-19-7-5-13-12(18)14-10(16)8-15-6-3-4-9(15)11(17)20-2/h9H,3-8H2,1-2H3,(H2,13,14,16,18). The molecule has 20 heavy (non-hydrogen) atoms. The summed E-state index contributed by atoms with van der Waals surface area (Å²) in [6.45, 7) is 1.33. The minimum atomic E-state index is -0.569. The van der Waals surface area contributed by atoms with Crippen LogP contribution in [0.4, 0.5) is 4.79 Å². The van der Waals surface area contributed by atoms with E-state index in [0.717, 1.165) is 6.42 Å². The number of urea groups is 1. The molecule has 1 aliphatic heterocycles. The average molecular weight is 287 g/mol. The van der Waals surface area contributed by atoms with Gasteiger partial charge < -0.3 is 14.8 Å². The Labute approximate surface area is 117 Å². The van der Waals surface area contributed by atoms with Crippen LogP contribution < -0.4 is 10.6 Å². The van der Waals surface area contributed by atoms with Crippen LogP contribution >= 0.6 is 0 Å². The number of methoxy groups -OCH3 is 2. The quantitative estimate of drug-likeness (QED) is 0.485. The minimum absolute atomic E-state index is 0.00252. The molecule has 2 N–H and O–H groups in total. The second kappa shape index (κ2) is 8.49. The summed E-state index contributed by atoms with van der Waals surface area (Å²) in [6.07, 6.45) is 1.49. The van der Waals surface area contributed by atoms with Crippen LogP contribution in [0.2, 0.25) is 0 Å². The fourth-order valence-electron chi connectivity index (χ4n) is 2.08. The first-order valence-electron chi connectivity index (χ1n) is 6.47. The third-order valence-electron chi connectivity index (χ3n) is 3.03. The number of nitrogens with zero attached hydrogens (tertiary/aromatic N) is 1. The molecule has 0 bridgehead atoms. The first kappa shape index (κ1) is 16.4. The normalized spacial score (nSPS) is 18.6. The van der Waals surface area contributed by atoms with Crippen molar-refractivity contribution in [1.29, 1.82) is 0 Å². The molecule has 1 rings (SSSR count). The molecule has 0 aromatic heterocycles. The molecule has 1 saturated heterocycles. The van der Waals surface area contributed by atoms with Gasteiger partial charge in [-0.15, -0.1) is 0 Å². The topological polar surface area (TPSA) is 97.0 Å². The molecular weight excluding hydrogens is 266 g/mol. The number of hydrogen-bond acceptors (Lipinski definition) is 6. The van der Waals surface area contributed by atoms with E-state index in [2.05, 4.69) is 15.4 Å². The summed E-state index contributed by atoms with van der Waals surface area (Å²) in [5.74, 6) is -0.796. The highest BCUT2D eigenvalue weighted by Crippen LogP contribution is 2.17. The van der Waals surface area contributed by atoms with Crippen molar-refractivity contribution in [1.82, 2.24) is 15.5 Å². The highest BCUT2D eigenvalue weighted by Gasteiger charge is 2.32. The zero-order valence-corrected chi connectivity index (χ0v) is 11.8. The predicted octanol–water partition coefficient (Wildman–Crippen LogP) is -0.904. The maximum absolute atomic E-state index is 11.7. The Hall–Kier alpha value is -1.67. The van der Waals surface area contributed by atoms with Crippen LogP contribution in [0.3, 0.4) is 0 Å². The fraction of sp³-hybridized carbons (Fsp3) is 0.750. The van der Waals surface area contributed by atoms with E-state index in [1.807, 2.05) is 0 Å². The smallest absolute Gasteiger partial charge is 0.323 e. The number of carbonyl (C=O) groups excluding carboxylic acids is 3. The number of amides is 3. The highest BCUT2D eigenvalue weighted by atomic mass is 16.5. The van der Waals surface area contributed by atoms with Gasteiger partial charge in [0.2, 0.25) is 5.91 Å². The molecule has 0 spiro atoms. The van der Waals surface area contributed by atoms with Gasteiger partial charge in [0.05, 0.1) is 20.3 Å². The molecule has 0 aliphatic carbocycles. The highest BCUT2D eigenvalue weighted by molar-refractivity contribution is 5.95. The molecule has 1 atom stereocenters. The SMILES string of the molecule is COCCNC(=O)NC(=O)CN1CCCC1C(=O)OC. The first-order chi connectivity index (χ1) is 9.58. The Morgan fingerprint density at radius 3 is 2.70 bits per heavy atom. The van der Waals surface area contributed by atoms with E-state index in [1.54, 1.807) is 4.90 Å². The van der Waals surface area contributed by atoms with E-state index >= 15 is 0 Å². The lowest BCUT2D eigenvalue weighted by Crippen LogP contribution is -2.47. The van der Waals surface area contributed by atoms with E-state index in [-0.39, 0.29) is 12.5 Å². The van der Waals surface area contributed by atoms with Crippen LogP contribution in [0, 0.1) is 0 Å². The molecule has 0 radical (unpaired) electrons. The number of carbonyl (C=O) groups is 3. The van der Waals surface area contributed by atoms with Crippen molar-refractivity contribution in [3.63, 3.8) is 0 Å². The second-order valence-electron chi connectivity index (χ2n) is 4.45. The zero-order valence-electron chi connectivity index (χ0n) is 11.8. The van der Waals surface area contributed by atoms with Crippen molar-refractivity contribution in [3.05, 3.63) is 0 Å². The van der Waals surface area contributed by atoms with Gasteiger partial charge in [-0.3, -0.25) is 19.8 Å².